The molecule has 0 bridgehead atoms. The average Bonchev–Trinajstić information content (AvgIpc) is 2.09. The number of alkyl halides is 1. The lowest BCUT2D eigenvalue weighted by Gasteiger charge is -2.11. The van der Waals surface area contributed by atoms with Crippen LogP contribution in [0, 0.1) is 0 Å². The fourth-order valence-corrected chi connectivity index (χ4v) is 1.35. The summed E-state index contributed by atoms with van der Waals surface area (Å²) in [5, 5.41) is 3.14. The molecule has 1 aromatic carbocycles. The molecule has 0 aliphatic heterocycles. The van der Waals surface area contributed by atoms with Crippen LogP contribution in [0.4, 0.5) is 0 Å². The van der Waals surface area contributed by atoms with Gasteiger partial charge in [0.2, 0.25) is 0 Å². The first-order valence-corrected chi connectivity index (χ1v) is 4.20. The second-order valence-corrected chi connectivity index (χ2v) is 2.71. The van der Waals surface area contributed by atoms with Crippen molar-refractivity contribution in [3.8, 4) is 0 Å². The number of halogens is 2. The summed E-state index contributed by atoms with van der Waals surface area (Å²) in [6.07, 6.45) is 0. The van der Waals surface area contributed by atoms with Gasteiger partial charge < -0.3 is 5.32 Å². The molecule has 0 amide bonds. The number of hydrogen-bond acceptors (Lipinski definition) is 1. The van der Waals surface area contributed by atoms with E-state index in [9.17, 15) is 0 Å². The van der Waals surface area contributed by atoms with Crippen molar-refractivity contribution >= 4 is 24.0 Å². The van der Waals surface area contributed by atoms with E-state index in [4.69, 9.17) is 11.6 Å². The topological polar surface area (TPSA) is 12.0 Å². The van der Waals surface area contributed by atoms with Crippen LogP contribution in [0.3, 0.4) is 0 Å². The maximum Gasteiger partial charge on any atom is 0.0455 e. The van der Waals surface area contributed by atoms with Crippen LogP contribution in [0.2, 0.25) is 0 Å². The second-order valence-electron chi connectivity index (χ2n) is 2.41. The Balaban J connectivity index is 0.00000121. The fraction of sp³-hybridized carbons (Fsp3) is 0.333. The van der Waals surface area contributed by atoms with Crippen LogP contribution in [0.1, 0.15) is 11.6 Å². The van der Waals surface area contributed by atoms with Crippen LogP contribution in [0.5, 0.6) is 0 Å². The van der Waals surface area contributed by atoms with E-state index in [1.165, 1.54) is 5.56 Å². The van der Waals surface area contributed by atoms with Crippen LogP contribution < -0.4 is 5.32 Å². The summed E-state index contributed by atoms with van der Waals surface area (Å²) in [6.45, 7) is 0. The molecule has 0 heterocycles. The molecule has 1 atom stereocenters. The van der Waals surface area contributed by atoms with Gasteiger partial charge in [-0.05, 0) is 12.6 Å². The number of hydrogen-bond donors (Lipinski definition) is 1. The summed E-state index contributed by atoms with van der Waals surface area (Å²) >= 11 is 5.74. The Morgan fingerprint density at radius 3 is 2.33 bits per heavy atom. The molecule has 0 aliphatic rings. The van der Waals surface area contributed by atoms with E-state index >= 15 is 0 Å². The number of rotatable bonds is 3. The minimum atomic E-state index is 0. The Labute approximate surface area is 84.5 Å². The van der Waals surface area contributed by atoms with Crippen molar-refractivity contribution in [1.82, 2.24) is 5.32 Å². The lowest BCUT2D eigenvalue weighted by atomic mass is 10.1. The third kappa shape index (κ3) is 3.02. The van der Waals surface area contributed by atoms with Crippen molar-refractivity contribution in [2.24, 2.45) is 0 Å². The number of nitrogens with one attached hydrogen (secondary N) is 1. The van der Waals surface area contributed by atoms with Gasteiger partial charge in [-0.1, -0.05) is 30.3 Å². The van der Waals surface area contributed by atoms with E-state index in [1.54, 1.807) is 0 Å². The highest BCUT2D eigenvalue weighted by Gasteiger charge is 2.04. The quantitative estimate of drug-likeness (QED) is 0.749. The van der Waals surface area contributed by atoms with Gasteiger partial charge in [0.05, 0.1) is 0 Å². The summed E-state index contributed by atoms with van der Waals surface area (Å²) < 4.78 is 0. The molecule has 0 saturated heterocycles. The maximum atomic E-state index is 5.74. The summed E-state index contributed by atoms with van der Waals surface area (Å²) in [5.74, 6) is 0.612. The van der Waals surface area contributed by atoms with Gasteiger partial charge in [-0.25, -0.2) is 0 Å². The molecule has 1 nitrogen and oxygen atoms in total. The molecule has 1 unspecified atom stereocenters. The molecule has 3 heteroatoms. The molecule has 1 N–H and O–H groups in total. The van der Waals surface area contributed by atoms with Gasteiger partial charge in [0, 0.05) is 11.9 Å². The standard InChI is InChI=1S/C9H12ClN.ClH/c1-11-9(7-10)8-5-3-2-4-6-8;/h2-6,9,11H,7H2,1H3;1H. The summed E-state index contributed by atoms with van der Waals surface area (Å²) in [5.41, 5.74) is 1.24. The third-order valence-electron chi connectivity index (χ3n) is 1.70. The SMILES string of the molecule is CNC(CCl)c1ccccc1.Cl. The van der Waals surface area contributed by atoms with Crippen LogP contribution in [-0.2, 0) is 0 Å². The van der Waals surface area contributed by atoms with Crippen molar-refractivity contribution in [3.05, 3.63) is 35.9 Å². The molecule has 1 aromatic rings. The zero-order valence-corrected chi connectivity index (χ0v) is 8.53. The summed E-state index contributed by atoms with van der Waals surface area (Å²) in [7, 11) is 1.92. The zero-order valence-electron chi connectivity index (χ0n) is 6.96. The van der Waals surface area contributed by atoms with Crippen molar-refractivity contribution < 1.29 is 0 Å². The summed E-state index contributed by atoms with van der Waals surface area (Å²) in [4.78, 5) is 0. The number of benzene rings is 1. The van der Waals surface area contributed by atoms with Crippen molar-refractivity contribution in [2.75, 3.05) is 12.9 Å². The Bertz CT molecular complexity index is 197. The predicted octanol–water partition coefficient (Wildman–Crippen LogP) is 2.61. The van der Waals surface area contributed by atoms with Crippen molar-refractivity contribution in [3.63, 3.8) is 0 Å². The fourth-order valence-electron chi connectivity index (χ4n) is 1.02. The van der Waals surface area contributed by atoms with Gasteiger partial charge in [-0.15, -0.1) is 24.0 Å². The molecule has 68 valence electrons. The largest absolute Gasteiger partial charge is 0.312 e. The molecule has 0 radical (unpaired) electrons. The zero-order chi connectivity index (χ0) is 8.10. The Morgan fingerprint density at radius 1 is 1.33 bits per heavy atom. The first-order chi connectivity index (χ1) is 5.38. The van der Waals surface area contributed by atoms with Crippen molar-refractivity contribution in [2.45, 2.75) is 6.04 Å². The molecule has 0 saturated carbocycles. The monoisotopic (exact) mass is 205 g/mol. The van der Waals surface area contributed by atoms with Gasteiger partial charge in [0.15, 0.2) is 0 Å². The Hall–Kier alpha value is -0.240. The van der Waals surface area contributed by atoms with E-state index in [2.05, 4.69) is 17.4 Å². The average molecular weight is 206 g/mol. The lowest BCUT2D eigenvalue weighted by Crippen LogP contribution is -2.17. The molecular weight excluding hydrogens is 193 g/mol. The van der Waals surface area contributed by atoms with Crippen LogP contribution in [0.25, 0.3) is 0 Å². The molecule has 0 spiro atoms. The first-order valence-electron chi connectivity index (χ1n) is 3.66. The lowest BCUT2D eigenvalue weighted by molar-refractivity contribution is 0.658. The highest BCUT2D eigenvalue weighted by atomic mass is 35.5. The minimum Gasteiger partial charge on any atom is -0.312 e. The summed E-state index contributed by atoms with van der Waals surface area (Å²) in [6, 6.07) is 10.5. The van der Waals surface area contributed by atoms with Gasteiger partial charge in [-0.3, -0.25) is 0 Å². The third-order valence-corrected chi connectivity index (χ3v) is 2.01. The smallest absolute Gasteiger partial charge is 0.0455 e. The van der Waals surface area contributed by atoms with Gasteiger partial charge >= 0.3 is 0 Å². The molecule has 0 fully saturated rings. The molecule has 1 rings (SSSR count). The highest BCUT2D eigenvalue weighted by molar-refractivity contribution is 6.18. The van der Waals surface area contributed by atoms with E-state index < -0.39 is 0 Å². The van der Waals surface area contributed by atoms with E-state index in [0.29, 0.717) is 5.88 Å². The molecule has 0 aliphatic carbocycles. The van der Waals surface area contributed by atoms with Crippen molar-refractivity contribution in [1.29, 1.82) is 0 Å². The van der Waals surface area contributed by atoms with E-state index in [1.807, 2.05) is 25.2 Å². The van der Waals surface area contributed by atoms with Gasteiger partial charge in [0.25, 0.3) is 0 Å². The Kier molecular flexibility index (Phi) is 6.17. The second kappa shape index (κ2) is 6.30. The molecular formula is C9H13Cl2N. The minimum absolute atomic E-state index is 0. The Morgan fingerprint density at radius 2 is 1.92 bits per heavy atom. The van der Waals surface area contributed by atoms with E-state index in [-0.39, 0.29) is 18.4 Å². The van der Waals surface area contributed by atoms with Crippen LogP contribution >= 0.6 is 24.0 Å². The maximum absolute atomic E-state index is 5.74. The predicted molar refractivity (Wildman–Crippen MR) is 56.2 cm³/mol. The highest BCUT2D eigenvalue weighted by Crippen LogP contribution is 2.12. The van der Waals surface area contributed by atoms with Gasteiger partial charge in [-0.2, -0.15) is 0 Å². The molecule has 12 heavy (non-hydrogen) atoms. The van der Waals surface area contributed by atoms with Crippen LogP contribution in [-0.4, -0.2) is 12.9 Å². The first kappa shape index (κ1) is 11.8. The normalized spacial score (nSPS) is 11.8. The molecule has 0 aromatic heterocycles. The van der Waals surface area contributed by atoms with E-state index in [0.717, 1.165) is 0 Å². The van der Waals surface area contributed by atoms with Gasteiger partial charge in [0.1, 0.15) is 0 Å². The van der Waals surface area contributed by atoms with Crippen LogP contribution in [0.15, 0.2) is 30.3 Å².